The summed E-state index contributed by atoms with van der Waals surface area (Å²) in [6.07, 6.45) is 5.74. The van der Waals surface area contributed by atoms with Crippen LogP contribution in [0.3, 0.4) is 0 Å². The average Bonchev–Trinajstić information content (AvgIpc) is 2.41. The monoisotopic (exact) mass is 215 g/mol. The molecule has 0 amide bonds. The van der Waals surface area contributed by atoms with Crippen LogP contribution in [-0.2, 0) is 0 Å². The molecule has 1 aliphatic heterocycles. The van der Waals surface area contributed by atoms with E-state index in [1.165, 1.54) is 5.57 Å². The molecule has 84 valence electrons. The van der Waals surface area contributed by atoms with Crippen LogP contribution in [0.5, 0.6) is 0 Å². The van der Waals surface area contributed by atoms with Gasteiger partial charge in [-0.2, -0.15) is 0 Å². The minimum absolute atomic E-state index is 0.309. The standard InChI is InChI=1S/C13H17N3/c1-9-5-6-12(10(2)13(14)16-9)11-4-3-7-15-8-11/h3-4,7-9H,5-6H2,1-2H3,(H2,14,16). The number of hydrogen-bond acceptors (Lipinski definition) is 3. The fraction of sp³-hybridized carbons (Fsp3) is 0.385. The van der Waals surface area contributed by atoms with Crippen molar-refractivity contribution in [2.75, 3.05) is 0 Å². The lowest BCUT2D eigenvalue weighted by Gasteiger charge is -2.09. The number of amidine groups is 1. The first-order valence-corrected chi connectivity index (χ1v) is 5.62. The summed E-state index contributed by atoms with van der Waals surface area (Å²) in [5.41, 5.74) is 9.50. The summed E-state index contributed by atoms with van der Waals surface area (Å²) in [5.74, 6) is 0.670. The summed E-state index contributed by atoms with van der Waals surface area (Å²) in [7, 11) is 0. The molecule has 0 spiro atoms. The van der Waals surface area contributed by atoms with Crippen molar-refractivity contribution < 1.29 is 0 Å². The highest BCUT2D eigenvalue weighted by molar-refractivity contribution is 6.03. The Balaban J connectivity index is 2.42. The van der Waals surface area contributed by atoms with E-state index in [2.05, 4.69) is 23.0 Å². The van der Waals surface area contributed by atoms with Crippen molar-refractivity contribution in [1.82, 2.24) is 4.98 Å². The zero-order chi connectivity index (χ0) is 11.5. The Morgan fingerprint density at radius 2 is 2.25 bits per heavy atom. The Kier molecular flexibility index (Phi) is 3.04. The zero-order valence-electron chi connectivity index (χ0n) is 9.77. The van der Waals surface area contributed by atoms with Crippen LogP contribution in [0.15, 0.2) is 35.1 Å². The molecule has 3 nitrogen and oxygen atoms in total. The normalized spacial score (nSPS) is 21.6. The molecule has 2 N–H and O–H groups in total. The maximum Gasteiger partial charge on any atom is 0.121 e. The van der Waals surface area contributed by atoms with E-state index >= 15 is 0 Å². The Bertz CT molecular complexity index is 432. The van der Waals surface area contributed by atoms with Gasteiger partial charge in [0.05, 0.1) is 0 Å². The highest BCUT2D eigenvalue weighted by atomic mass is 14.9. The van der Waals surface area contributed by atoms with E-state index in [0.717, 1.165) is 24.0 Å². The molecular weight excluding hydrogens is 198 g/mol. The van der Waals surface area contributed by atoms with Gasteiger partial charge in [0.2, 0.25) is 0 Å². The Morgan fingerprint density at radius 1 is 1.44 bits per heavy atom. The van der Waals surface area contributed by atoms with Crippen LogP contribution >= 0.6 is 0 Å². The van der Waals surface area contributed by atoms with Crippen molar-refractivity contribution in [3.63, 3.8) is 0 Å². The van der Waals surface area contributed by atoms with Crippen molar-refractivity contribution in [2.45, 2.75) is 32.7 Å². The summed E-state index contributed by atoms with van der Waals surface area (Å²) in [4.78, 5) is 8.60. The molecule has 16 heavy (non-hydrogen) atoms. The van der Waals surface area contributed by atoms with E-state index in [9.17, 15) is 0 Å². The van der Waals surface area contributed by atoms with Crippen molar-refractivity contribution in [3.8, 4) is 0 Å². The van der Waals surface area contributed by atoms with Gasteiger partial charge in [0.1, 0.15) is 5.84 Å². The second-order valence-electron chi connectivity index (χ2n) is 4.25. The molecule has 0 saturated heterocycles. The molecule has 0 aromatic carbocycles. The first kappa shape index (κ1) is 10.9. The fourth-order valence-electron chi connectivity index (χ4n) is 2.00. The molecule has 1 aromatic rings. The second-order valence-corrected chi connectivity index (χ2v) is 4.25. The molecule has 1 aliphatic rings. The number of allylic oxidation sites excluding steroid dienone is 1. The van der Waals surface area contributed by atoms with Gasteiger partial charge in [-0.15, -0.1) is 0 Å². The molecule has 1 unspecified atom stereocenters. The van der Waals surface area contributed by atoms with Crippen molar-refractivity contribution in [3.05, 3.63) is 35.7 Å². The number of nitrogens with zero attached hydrogens (tertiary/aromatic N) is 2. The minimum atomic E-state index is 0.309. The minimum Gasteiger partial charge on any atom is -0.384 e. The lowest BCUT2D eigenvalue weighted by atomic mass is 9.97. The molecule has 0 aliphatic carbocycles. The topological polar surface area (TPSA) is 51.3 Å². The van der Waals surface area contributed by atoms with Crippen molar-refractivity contribution >= 4 is 11.4 Å². The highest BCUT2D eigenvalue weighted by Gasteiger charge is 2.15. The van der Waals surface area contributed by atoms with Gasteiger partial charge in [-0.25, -0.2) is 0 Å². The lowest BCUT2D eigenvalue weighted by Crippen LogP contribution is -2.15. The third-order valence-electron chi connectivity index (χ3n) is 3.02. The van der Waals surface area contributed by atoms with E-state index in [1.807, 2.05) is 19.2 Å². The Morgan fingerprint density at radius 3 is 2.94 bits per heavy atom. The van der Waals surface area contributed by atoms with Gasteiger partial charge in [-0.3, -0.25) is 9.98 Å². The molecule has 1 atom stereocenters. The van der Waals surface area contributed by atoms with Gasteiger partial charge < -0.3 is 5.73 Å². The fourth-order valence-corrected chi connectivity index (χ4v) is 2.00. The summed E-state index contributed by atoms with van der Waals surface area (Å²) in [6, 6.07) is 4.34. The third kappa shape index (κ3) is 2.13. The Hall–Kier alpha value is -1.64. The van der Waals surface area contributed by atoms with Crippen LogP contribution in [0, 0.1) is 0 Å². The molecule has 0 radical (unpaired) electrons. The van der Waals surface area contributed by atoms with Crippen LogP contribution in [0.25, 0.3) is 5.57 Å². The maximum absolute atomic E-state index is 5.97. The van der Waals surface area contributed by atoms with Gasteiger partial charge in [0.25, 0.3) is 0 Å². The van der Waals surface area contributed by atoms with Gasteiger partial charge in [0.15, 0.2) is 0 Å². The van der Waals surface area contributed by atoms with Gasteiger partial charge >= 0.3 is 0 Å². The summed E-state index contributed by atoms with van der Waals surface area (Å²) in [5, 5.41) is 0. The van der Waals surface area contributed by atoms with E-state index in [4.69, 9.17) is 5.73 Å². The molecule has 0 saturated carbocycles. The molecule has 2 rings (SSSR count). The zero-order valence-corrected chi connectivity index (χ0v) is 9.77. The van der Waals surface area contributed by atoms with Crippen LogP contribution < -0.4 is 5.73 Å². The Labute approximate surface area is 96.1 Å². The molecule has 2 heterocycles. The smallest absolute Gasteiger partial charge is 0.121 e. The predicted molar refractivity (Wildman–Crippen MR) is 67.1 cm³/mol. The van der Waals surface area contributed by atoms with Crippen LogP contribution in [0.2, 0.25) is 0 Å². The number of hydrogen-bond donors (Lipinski definition) is 1. The van der Waals surface area contributed by atoms with Gasteiger partial charge in [0, 0.05) is 18.4 Å². The number of nitrogens with two attached hydrogens (primary N) is 1. The lowest BCUT2D eigenvalue weighted by molar-refractivity contribution is 0.688. The molecule has 0 bridgehead atoms. The van der Waals surface area contributed by atoms with E-state index in [1.54, 1.807) is 6.20 Å². The molecule has 1 aromatic heterocycles. The third-order valence-corrected chi connectivity index (χ3v) is 3.02. The van der Waals surface area contributed by atoms with E-state index in [-0.39, 0.29) is 0 Å². The predicted octanol–water partition coefficient (Wildman–Crippen LogP) is 2.39. The molecular formula is C13H17N3. The van der Waals surface area contributed by atoms with Crippen molar-refractivity contribution in [2.24, 2.45) is 10.7 Å². The SMILES string of the molecule is CC1=C(c2cccnc2)CCC(C)N=C1N. The number of rotatable bonds is 1. The summed E-state index contributed by atoms with van der Waals surface area (Å²) >= 11 is 0. The number of aromatic nitrogens is 1. The first-order chi connectivity index (χ1) is 7.68. The number of pyridine rings is 1. The largest absolute Gasteiger partial charge is 0.384 e. The first-order valence-electron chi connectivity index (χ1n) is 5.62. The van der Waals surface area contributed by atoms with E-state index in [0.29, 0.717) is 11.9 Å². The van der Waals surface area contributed by atoms with Gasteiger partial charge in [-0.1, -0.05) is 6.07 Å². The average molecular weight is 215 g/mol. The molecule has 0 fully saturated rings. The van der Waals surface area contributed by atoms with Crippen LogP contribution in [0.4, 0.5) is 0 Å². The van der Waals surface area contributed by atoms with E-state index < -0.39 is 0 Å². The van der Waals surface area contributed by atoms with Crippen LogP contribution in [0.1, 0.15) is 32.3 Å². The summed E-state index contributed by atoms with van der Waals surface area (Å²) < 4.78 is 0. The highest BCUT2D eigenvalue weighted by Crippen LogP contribution is 2.27. The quantitative estimate of drug-likeness (QED) is 0.782. The second kappa shape index (κ2) is 4.47. The molecule has 3 heteroatoms. The summed E-state index contributed by atoms with van der Waals surface area (Å²) in [6.45, 7) is 4.14. The number of aliphatic imine (C=N–C) groups is 1. The van der Waals surface area contributed by atoms with Crippen molar-refractivity contribution in [1.29, 1.82) is 0 Å². The maximum atomic E-state index is 5.97. The van der Waals surface area contributed by atoms with Crippen LogP contribution in [-0.4, -0.2) is 16.9 Å². The van der Waals surface area contributed by atoms with Gasteiger partial charge in [-0.05, 0) is 49.5 Å².